The number of ether oxygens (including phenoxy) is 3. The lowest BCUT2D eigenvalue weighted by molar-refractivity contribution is 0.269. The first-order valence-electron chi connectivity index (χ1n) is 10.9. The molecule has 0 radical (unpaired) electrons. The number of aliphatic imine (C=N–C) groups is 1. The molecule has 0 aliphatic heterocycles. The molecule has 0 aliphatic rings. The van der Waals surface area contributed by atoms with Gasteiger partial charge in [0, 0.05) is 21.8 Å². The Kier molecular flexibility index (Phi) is 8.54. The van der Waals surface area contributed by atoms with Crippen molar-refractivity contribution in [3.8, 4) is 23.0 Å². The molecule has 0 N–H and O–H groups in total. The molecule has 35 heavy (non-hydrogen) atoms. The number of benzene rings is 4. The van der Waals surface area contributed by atoms with Crippen LogP contribution in [0.5, 0.6) is 23.0 Å². The molecular formula is C28H22Cl3NO3. The van der Waals surface area contributed by atoms with E-state index in [1.807, 2.05) is 73.7 Å². The van der Waals surface area contributed by atoms with Gasteiger partial charge in [-0.05, 0) is 73.2 Å². The number of rotatable bonds is 9. The van der Waals surface area contributed by atoms with Crippen LogP contribution in [0.15, 0.2) is 89.9 Å². The maximum Gasteiger partial charge on any atom is 0.180 e. The summed E-state index contributed by atoms with van der Waals surface area (Å²) in [6.45, 7) is 2.58. The molecule has 4 aromatic rings. The first-order chi connectivity index (χ1) is 17.0. The van der Waals surface area contributed by atoms with Gasteiger partial charge in [-0.2, -0.15) is 0 Å². The van der Waals surface area contributed by atoms with Crippen molar-refractivity contribution in [2.75, 3.05) is 6.61 Å². The lowest BCUT2D eigenvalue weighted by Gasteiger charge is -2.15. The van der Waals surface area contributed by atoms with Gasteiger partial charge in [0.2, 0.25) is 0 Å². The summed E-state index contributed by atoms with van der Waals surface area (Å²) in [5.41, 5.74) is 2.34. The predicted octanol–water partition coefficient (Wildman–Crippen LogP) is 9.17. The summed E-state index contributed by atoms with van der Waals surface area (Å²) in [5.74, 6) is 2.49. The van der Waals surface area contributed by atoms with Gasteiger partial charge in [0.25, 0.3) is 0 Å². The summed E-state index contributed by atoms with van der Waals surface area (Å²) < 4.78 is 17.6. The van der Waals surface area contributed by atoms with Crippen LogP contribution in [-0.2, 0) is 6.61 Å². The van der Waals surface area contributed by atoms with Crippen LogP contribution in [-0.4, -0.2) is 12.8 Å². The summed E-state index contributed by atoms with van der Waals surface area (Å²) in [7, 11) is 0. The Morgan fingerprint density at radius 3 is 2.23 bits per heavy atom. The lowest BCUT2D eigenvalue weighted by Crippen LogP contribution is -2.02. The highest BCUT2D eigenvalue weighted by atomic mass is 35.5. The third kappa shape index (κ3) is 6.92. The molecule has 4 rings (SSSR count). The van der Waals surface area contributed by atoms with Crippen molar-refractivity contribution in [2.45, 2.75) is 13.5 Å². The van der Waals surface area contributed by atoms with Gasteiger partial charge >= 0.3 is 0 Å². The molecule has 0 aliphatic carbocycles. The van der Waals surface area contributed by atoms with E-state index in [2.05, 4.69) is 4.99 Å². The molecule has 0 amide bonds. The molecule has 4 nitrogen and oxygen atoms in total. The second-order valence-corrected chi connectivity index (χ2v) is 8.71. The van der Waals surface area contributed by atoms with Gasteiger partial charge < -0.3 is 14.2 Å². The number of hydrogen-bond donors (Lipinski definition) is 0. The summed E-state index contributed by atoms with van der Waals surface area (Å²) >= 11 is 18.8. The molecule has 4 aromatic carbocycles. The van der Waals surface area contributed by atoms with Gasteiger partial charge in [0.1, 0.15) is 18.1 Å². The number of hydrogen-bond acceptors (Lipinski definition) is 4. The van der Waals surface area contributed by atoms with Crippen molar-refractivity contribution < 1.29 is 14.2 Å². The van der Waals surface area contributed by atoms with Crippen molar-refractivity contribution in [1.29, 1.82) is 0 Å². The number of para-hydroxylation sites is 1. The van der Waals surface area contributed by atoms with E-state index in [-0.39, 0.29) is 6.61 Å². The van der Waals surface area contributed by atoms with Crippen molar-refractivity contribution in [3.05, 3.63) is 111 Å². The van der Waals surface area contributed by atoms with Gasteiger partial charge in [-0.25, -0.2) is 0 Å². The van der Waals surface area contributed by atoms with Gasteiger partial charge in [-0.1, -0.05) is 59.1 Å². The molecule has 178 valence electrons. The molecule has 0 saturated heterocycles. The average molecular weight is 527 g/mol. The van der Waals surface area contributed by atoms with Crippen LogP contribution in [0.3, 0.4) is 0 Å². The molecule has 0 heterocycles. The maximum atomic E-state index is 6.54. The standard InChI is InChI=1S/C28H22Cl3NO3/c1-2-33-27-15-19(14-26(31)28(27)34-18-20-8-9-21(29)16-25(20)30)17-32-22-10-12-24(13-11-22)35-23-6-4-3-5-7-23/h3-17H,2,18H2,1H3. The van der Waals surface area contributed by atoms with E-state index >= 15 is 0 Å². The summed E-state index contributed by atoms with van der Waals surface area (Å²) in [5, 5.41) is 1.50. The normalized spacial score (nSPS) is 11.0. The minimum Gasteiger partial charge on any atom is -0.490 e. The highest BCUT2D eigenvalue weighted by Crippen LogP contribution is 2.37. The maximum absolute atomic E-state index is 6.54. The molecule has 0 bridgehead atoms. The van der Waals surface area contributed by atoms with Gasteiger partial charge in [-0.15, -0.1) is 0 Å². The molecule has 7 heteroatoms. The largest absolute Gasteiger partial charge is 0.490 e. The fourth-order valence-electron chi connectivity index (χ4n) is 3.23. The zero-order valence-electron chi connectivity index (χ0n) is 18.9. The monoisotopic (exact) mass is 525 g/mol. The number of halogens is 3. The van der Waals surface area contributed by atoms with Crippen molar-refractivity contribution in [3.63, 3.8) is 0 Å². The van der Waals surface area contributed by atoms with E-state index in [1.165, 1.54) is 0 Å². The van der Waals surface area contributed by atoms with Crippen LogP contribution in [0.25, 0.3) is 0 Å². The minimum atomic E-state index is 0.223. The highest BCUT2D eigenvalue weighted by molar-refractivity contribution is 6.35. The molecule has 0 aromatic heterocycles. The van der Waals surface area contributed by atoms with Crippen LogP contribution in [0.4, 0.5) is 5.69 Å². The first kappa shape index (κ1) is 24.9. The summed E-state index contributed by atoms with van der Waals surface area (Å²) in [4.78, 5) is 4.54. The Labute approximate surface area is 219 Å². The lowest BCUT2D eigenvalue weighted by atomic mass is 10.2. The Hall–Kier alpha value is -3.18. The van der Waals surface area contributed by atoms with Crippen LogP contribution < -0.4 is 14.2 Å². The first-order valence-corrected chi connectivity index (χ1v) is 12.1. The molecule has 0 spiro atoms. The van der Waals surface area contributed by atoms with Crippen molar-refractivity contribution in [1.82, 2.24) is 0 Å². The number of nitrogens with zero attached hydrogens (tertiary/aromatic N) is 1. The molecule has 0 atom stereocenters. The average Bonchev–Trinajstić information content (AvgIpc) is 2.85. The SMILES string of the molecule is CCOc1cc(C=Nc2ccc(Oc3ccccc3)cc2)cc(Cl)c1OCc1ccc(Cl)cc1Cl. The van der Waals surface area contributed by atoms with E-state index in [9.17, 15) is 0 Å². The Morgan fingerprint density at radius 1 is 0.771 bits per heavy atom. The molecule has 0 fully saturated rings. The van der Waals surface area contributed by atoms with Crippen LogP contribution >= 0.6 is 34.8 Å². The van der Waals surface area contributed by atoms with E-state index < -0.39 is 0 Å². The summed E-state index contributed by atoms with van der Waals surface area (Å²) in [6.07, 6.45) is 1.72. The van der Waals surface area contributed by atoms with E-state index in [0.717, 1.165) is 28.3 Å². The fourth-order valence-corrected chi connectivity index (χ4v) is 3.96. The van der Waals surface area contributed by atoms with Crippen LogP contribution in [0, 0.1) is 0 Å². The predicted molar refractivity (Wildman–Crippen MR) is 144 cm³/mol. The third-order valence-electron chi connectivity index (χ3n) is 4.90. The van der Waals surface area contributed by atoms with Gasteiger partial charge in [0.05, 0.1) is 17.3 Å². The van der Waals surface area contributed by atoms with Crippen molar-refractivity contribution in [2.24, 2.45) is 4.99 Å². The van der Waals surface area contributed by atoms with Gasteiger partial charge in [-0.3, -0.25) is 4.99 Å². The Bertz CT molecular complexity index is 1310. The molecular weight excluding hydrogens is 505 g/mol. The minimum absolute atomic E-state index is 0.223. The van der Waals surface area contributed by atoms with Crippen molar-refractivity contribution >= 4 is 46.7 Å². The Morgan fingerprint density at radius 2 is 1.51 bits per heavy atom. The van der Waals surface area contributed by atoms with E-state index in [1.54, 1.807) is 24.4 Å². The highest BCUT2D eigenvalue weighted by Gasteiger charge is 2.13. The summed E-state index contributed by atoms with van der Waals surface area (Å²) in [6, 6.07) is 26.0. The quantitative estimate of drug-likeness (QED) is 0.204. The topological polar surface area (TPSA) is 40.0 Å². The smallest absolute Gasteiger partial charge is 0.180 e. The molecule has 0 saturated carbocycles. The van der Waals surface area contributed by atoms with E-state index in [4.69, 9.17) is 49.0 Å². The Balaban J connectivity index is 1.47. The van der Waals surface area contributed by atoms with Gasteiger partial charge in [0.15, 0.2) is 11.5 Å². The third-order valence-corrected chi connectivity index (χ3v) is 5.76. The van der Waals surface area contributed by atoms with E-state index in [0.29, 0.717) is 33.2 Å². The second-order valence-electron chi connectivity index (χ2n) is 7.45. The zero-order valence-corrected chi connectivity index (χ0v) is 21.1. The molecule has 0 unspecified atom stereocenters. The zero-order chi connectivity index (χ0) is 24.6. The van der Waals surface area contributed by atoms with Crippen LogP contribution in [0.1, 0.15) is 18.1 Å². The second kappa shape index (κ2) is 12.0. The fraction of sp³-hybridized carbons (Fsp3) is 0.107. The van der Waals surface area contributed by atoms with Crippen LogP contribution in [0.2, 0.25) is 15.1 Å².